The van der Waals surface area contributed by atoms with Gasteiger partial charge in [0.05, 0.1) is 11.3 Å². The highest BCUT2D eigenvalue weighted by Gasteiger charge is 2.24. The SMILES string of the molecule is CC(C)N1CCN(C(=O)CSc2nnc(-c3ccccc3F)n2-c2ccccc2)CC1. The summed E-state index contributed by atoms with van der Waals surface area (Å²) in [6.45, 7) is 7.62. The minimum absolute atomic E-state index is 0.0865. The average Bonchev–Trinajstić information content (AvgIpc) is 3.22. The van der Waals surface area contributed by atoms with Crippen molar-refractivity contribution in [3.63, 3.8) is 0 Å². The quantitative estimate of drug-likeness (QED) is 0.548. The molecule has 0 radical (unpaired) electrons. The second-order valence-electron chi connectivity index (χ2n) is 7.76. The fraction of sp³-hybridized carbons (Fsp3) is 0.348. The first-order chi connectivity index (χ1) is 15.0. The first-order valence-electron chi connectivity index (χ1n) is 10.4. The Kier molecular flexibility index (Phi) is 6.67. The van der Waals surface area contributed by atoms with Crippen molar-refractivity contribution in [2.75, 3.05) is 31.9 Å². The van der Waals surface area contributed by atoms with Crippen LogP contribution in [0.4, 0.5) is 4.39 Å². The standard InChI is InChI=1S/C23H26FN5OS/c1-17(2)27-12-14-28(15-13-27)21(30)16-31-23-26-25-22(19-10-6-7-11-20(19)24)29(23)18-8-4-3-5-9-18/h3-11,17H,12-16H2,1-2H3. The van der Waals surface area contributed by atoms with E-state index in [9.17, 15) is 9.18 Å². The molecule has 8 heteroatoms. The molecule has 0 bridgehead atoms. The van der Waals surface area contributed by atoms with Gasteiger partial charge in [0.1, 0.15) is 5.82 Å². The number of amides is 1. The van der Waals surface area contributed by atoms with Crippen LogP contribution in [-0.2, 0) is 4.79 Å². The molecule has 162 valence electrons. The van der Waals surface area contributed by atoms with Crippen LogP contribution in [0.3, 0.4) is 0 Å². The molecule has 0 unspecified atom stereocenters. The molecule has 1 aliphatic rings. The number of hydrogen-bond acceptors (Lipinski definition) is 5. The number of rotatable bonds is 6. The fourth-order valence-electron chi connectivity index (χ4n) is 3.70. The van der Waals surface area contributed by atoms with Gasteiger partial charge in [-0.3, -0.25) is 14.3 Å². The molecule has 0 aliphatic carbocycles. The normalized spacial score (nSPS) is 14.9. The van der Waals surface area contributed by atoms with Crippen LogP contribution in [0.2, 0.25) is 0 Å². The van der Waals surface area contributed by atoms with E-state index in [2.05, 4.69) is 28.9 Å². The predicted octanol–water partition coefficient (Wildman–Crippen LogP) is 3.72. The molecule has 4 rings (SSSR count). The molecule has 1 fully saturated rings. The Morgan fingerprint density at radius 1 is 1.00 bits per heavy atom. The van der Waals surface area contributed by atoms with E-state index >= 15 is 0 Å². The van der Waals surface area contributed by atoms with Gasteiger partial charge >= 0.3 is 0 Å². The molecule has 2 aromatic carbocycles. The topological polar surface area (TPSA) is 54.3 Å². The number of nitrogens with zero attached hydrogens (tertiary/aromatic N) is 5. The number of hydrogen-bond donors (Lipinski definition) is 0. The summed E-state index contributed by atoms with van der Waals surface area (Å²) in [5, 5.41) is 9.12. The summed E-state index contributed by atoms with van der Waals surface area (Å²) in [6.07, 6.45) is 0. The van der Waals surface area contributed by atoms with Crippen LogP contribution in [0.25, 0.3) is 17.1 Å². The zero-order chi connectivity index (χ0) is 21.8. The van der Waals surface area contributed by atoms with E-state index in [1.54, 1.807) is 18.2 Å². The Morgan fingerprint density at radius 2 is 1.68 bits per heavy atom. The molecule has 0 N–H and O–H groups in total. The van der Waals surface area contributed by atoms with E-state index in [1.807, 2.05) is 39.8 Å². The van der Waals surface area contributed by atoms with Crippen LogP contribution < -0.4 is 0 Å². The number of piperazine rings is 1. The Balaban J connectivity index is 1.54. The van der Waals surface area contributed by atoms with E-state index in [0.29, 0.717) is 22.6 Å². The fourth-order valence-corrected chi connectivity index (χ4v) is 4.55. The third-order valence-corrected chi connectivity index (χ3v) is 6.40. The van der Waals surface area contributed by atoms with Gasteiger partial charge in [0.2, 0.25) is 5.91 Å². The largest absolute Gasteiger partial charge is 0.339 e. The summed E-state index contributed by atoms with van der Waals surface area (Å²) in [4.78, 5) is 17.1. The number of thioether (sulfide) groups is 1. The molecule has 0 atom stereocenters. The van der Waals surface area contributed by atoms with Gasteiger partial charge in [-0.1, -0.05) is 42.1 Å². The van der Waals surface area contributed by atoms with E-state index in [1.165, 1.54) is 17.8 Å². The van der Waals surface area contributed by atoms with Crippen molar-refractivity contribution in [2.24, 2.45) is 0 Å². The van der Waals surface area contributed by atoms with Crippen LogP contribution in [0.1, 0.15) is 13.8 Å². The van der Waals surface area contributed by atoms with Crippen molar-refractivity contribution < 1.29 is 9.18 Å². The summed E-state index contributed by atoms with van der Waals surface area (Å²) < 4.78 is 16.3. The molecule has 0 saturated carbocycles. The van der Waals surface area contributed by atoms with Crippen molar-refractivity contribution in [1.82, 2.24) is 24.6 Å². The first-order valence-corrected chi connectivity index (χ1v) is 11.4. The maximum Gasteiger partial charge on any atom is 0.233 e. The number of benzene rings is 2. The lowest BCUT2D eigenvalue weighted by atomic mass is 10.2. The highest BCUT2D eigenvalue weighted by molar-refractivity contribution is 7.99. The maximum absolute atomic E-state index is 14.5. The lowest BCUT2D eigenvalue weighted by molar-refractivity contribution is -0.130. The summed E-state index contributed by atoms with van der Waals surface area (Å²) in [6, 6.07) is 16.6. The second-order valence-corrected chi connectivity index (χ2v) is 8.70. The van der Waals surface area contributed by atoms with Crippen LogP contribution in [-0.4, -0.2) is 68.4 Å². The summed E-state index contributed by atoms with van der Waals surface area (Å²) in [5.41, 5.74) is 1.20. The number of carbonyl (C=O) groups excluding carboxylic acids is 1. The van der Waals surface area contributed by atoms with Crippen LogP contribution in [0.5, 0.6) is 0 Å². The average molecular weight is 440 g/mol. The van der Waals surface area contributed by atoms with Crippen molar-refractivity contribution in [3.05, 3.63) is 60.4 Å². The van der Waals surface area contributed by atoms with Crippen molar-refractivity contribution in [2.45, 2.75) is 25.0 Å². The molecule has 31 heavy (non-hydrogen) atoms. The Labute approximate surface area is 186 Å². The second kappa shape index (κ2) is 9.62. The van der Waals surface area contributed by atoms with Crippen molar-refractivity contribution in [1.29, 1.82) is 0 Å². The third kappa shape index (κ3) is 4.80. The minimum Gasteiger partial charge on any atom is -0.339 e. The molecule has 3 aromatic rings. The van der Waals surface area contributed by atoms with Gasteiger partial charge in [0.25, 0.3) is 0 Å². The van der Waals surface area contributed by atoms with Gasteiger partial charge in [-0.15, -0.1) is 10.2 Å². The highest BCUT2D eigenvalue weighted by atomic mass is 32.2. The van der Waals surface area contributed by atoms with Gasteiger partial charge in [-0.25, -0.2) is 4.39 Å². The summed E-state index contributed by atoms with van der Waals surface area (Å²) in [5.74, 6) is 0.417. The van der Waals surface area contributed by atoms with E-state index in [-0.39, 0.29) is 17.5 Å². The van der Waals surface area contributed by atoms with Gasteiger partial charge in [0.15, 0.2) is 11.0 Å². The molecule has 1 aromatic heterocycles. The lowest BCUT2D eigenvalue weighted by Gasteiger charge is -2.36. The molecular formula is C23H26FN5OS. The minimum atomic E-state index is -0.359. The molecular weight excluding hydrogens is 413 g/mol. The smallest absolute Gasteiger partial charge is 0.233 e. The molecule has 1 aliphatic heterocycles. The van der Waals surface area contributed by atoms with Crippen LogP contribution in [0, 0.1) is 5.82 Å². The predicted molar refractivity (Wildman–Crippen MR) is 121 cm³/mol. The third-order valence-electron chi connectivity index (χ3n) is 5.48. The molecule has 2 heterocycles. The van der Waals surface area contributed by atoms with Crippen molar-refractivity contribution >= 4 is 17.7 Å². The summed E-state index contributed by atoms with van der Waals surface area (Å²) >= 11 is 1.33. The monoisotopic (exact) mass is 439 g/mol. The molecule has 0 spiro atoms. The maximum atomic E-state index is 14.5. The Hall–Kier alpha value is -2.71. The van der Waals surface area contributed by atoms with Crippen molar-refractivity contribution in [3.8, 4) is 17.1 Å². The first kappa shape index (κ1) is 21.5. The number of para-hydroxylation sites is 1. The van der Waals surface area contributed by atoms with Crippen LogP contribution in [0.15, 0.2) is 59.8 Å². The number of aromatic nitrogens is 3. The number of carbonyl (C=O) groups is 1. The van der Waals surface area contributed by atoms with E-state index < -0.39 is 0 Å². The number of halogens is 1. The molecule has 6 nitrogen and oxygen atoms in total. The Bertz CT molecular complexity index is 1030. The summed E-state index contributed by atoms with van der Waals surface area (Å²) in [7, 11) is 0. The molecule has 1 amide bonds. The Morgan fingerprint density at radius 3 is 2.35 bits per heavy atom. The van der Waals surface area contributed by atoms with Gasteiger partial charge < -0.3 is 4.90 Å². The zero-order valence-corrected chi connectivity index (χ0v) is 18.6. The van der Waals surface area contributed by atoms with E-state index in [0.717, 1.165) is 31.9 Å². The molecule has 1 saturated heterocycles. The van der Waals surface area contributed by atoms with Gasteiger partial charge in [0, 0.05) is 37.9 Å². The van der Waals surface area contributed by atoms with E-state index in [4.69, 9.17) is 0 Å². The van der Waals surface area contributed by atoms with Gasteiger partial charge in [-0.2, -0.15) is 0 Å². The van der Waals surface area contributed by atoms with Crippen LogP contribution >= 0.6 is 11.8 Å². The van der Waals surface area contributed by atoms with Gasteiger partial charge in [-0.05, 0) is 38.1 Å². The zero-order valence-electron chi connectivity index (χ0n) is 17.7. The highest BCUT2D eigenvalue weighted by Crippen LogP contribution is 2.29. The lowest BCUT2D eigenvalue weighted by Crippen LogP contribution is -2.51.